The van der Waals surface area contributed by atoms with Gasteiger partial charge in [0.05, 0.1) is 0 Å². The highest BCUT2D eigenvalue weighted by atomic mass is 32.1. The van der Waals surface area contributed by atoms with Gasteiger partial charge in [0.2, 0.25) is 10.9 Å². The average molecular weight is 326 g/mol. The molecule has 2 aromatic heterocycles. The van der Waals surface area contributed by atoms with E-state index in [1.807, 2.05) is 31.2 Å². The number of aryl methyl sites for hydroxylation is 1. The Morgan fingerprint density at radius 3 is 2.78 bits per heavy atom. The van der Waals surface area contributed by atoms with Gasteiger partial charge in [0.15, 0.2) is 0 Å². The van der Waals surface area contributed by atoms with Crippen molar-refractivity contribution in [3.63, 3.8) is 0 Å². The topological polar surface area (TPSA) is 80.9 Å². The van der Waals surface area contributed by atoms with Crippen LogP contribution in [0.4, 0.5) is 5.13 Å². The number of carbonyl (C=O) groups excluding carboxylic acids is 1. The zero-order valence-electron chi connectivity index (χ0n) is 12.4. The second kappa shape index (κ2) is 5.58. The first kappa shape index (κ1) is 14.1. The van der Waals surface area contributed by atoms with Gasteiger partial charge in [-0.3, -0.25) is 10.1 Å². The third-order valence-electron chi connectivity index (χ3n) is 3.67. The van der Waals surface area contributed by atoms with E-state index in [-0.39, 0.29) is 11.7 Å². The molecule has 4 rings (SSSR count). The largest absolute Gasteiger partial charge is 0.350 e. The van der Waals surface area contributed by atoms with Gasteiger partial charge in [0.25, 0.3) is 5.91 Å². The number of rotatable bonds is 4. The average Bonchev–Trinajstić information content (AvgIpc) is 3.10. The SMILES string of the molecule is Cc1ccc(-c2cc(C(=O)Nc3nnc(C4CC4)s3)on2)cc1. The Hall–Kier alpha value is -2.54. The minimum atomic E-state index is -0.366. The molecule has 7 heteroatoms. The number of hydrogen-bond donors (Lipinski definition) is 1. The quantitative estimate of drug-likeness (QED) is 0.792. The molecule has 1 N–H and O–H groups in total. The predicted octanol–water partition coefficient (Wildman–Crippen LogP) is 3.63. The lowest BCUT2D eigenvalue weighted by Gasteiger charge is -1.96. The number of amides is 1. The van der Waals surface area contributed by atoms with E-state index in [1.165, 1.54) is 11.3 Å². The summed E-state index contributed by atoms with van der Waals surface area (Å²) in [6.07, 6.45) is 2.31. The fourth-order valence-electron chi connectivity index (χ4n) is 2.18. The Kier molecular flexibility index (Phi) is 3.42. The maximum atomic E-state index is 12.2. The molecule has 0 aliphatic heterocycles. The van der Waals surface area contributed by atoms with Crippen molar-refractivity contribution in [1.82, 2.24) is 15.4 Å². The zero-order valence-corrected chi connectivity index (χ0v) is 13.3. The number of hydrogen-bond acceptors (Lipinski definition) is 6. The molecule has 23 heavy (non-hydrogen) atoms. The van der Waals surface area contributed by atoms with Crippen LogP contribution in [0.3, 0.4) is 0 Å². The van der Waals surface area contributed by atoms with Crippen LogP contribution >= 0.6 is 11.3 Å². The molecule has 1 aliphatic rings. The van der Waals surface area contributed by atoms with Crippen LogP contribution < -0.4 is 5.32 Å². The van der Waals surface area contributed by atoms with Crippen LogP contribution in [0, 0.1) is 6.92 Å². The molecule has 0 saturated heterocycles. The Morgan fingerprint density at radius 1 is 1.26 bits per heavy atom. The van der Waals surface area contributed by atoms with E-state index in [4.69, 9.17) is 4.52 Å². The van der Waals surface area contributed by atoms with E-state index >= 15 is 0 Å². The van der Waals surface area contributed by atoms with Crippen LogP contribution in [0.25, 0.3) is 11.3 Å². The number of benzene rings is 1. The summed E-state index contributed by atoms with van der Waals surface area (Å²) in [6, 6.07) is 9.50. The second-order valence-corrected chi connectivity index (χ2v) is 6.63. The Morgan fingerprint density at radius 2 is 2.04 bits per heavy atom. The summed E-state index contributed by atoms with van der Waals surface area (Å²) in [6.45, 7) is 2.02. The van der Waals surface area contributed by atoms with Gasteiger partial charge in [0, 0.05) is 17.5 Å². The van der Waals surface area contributed by atoms with E-state index in [2.05, 4.69) is 20.7 Å². The highest BCUT2D eigenvalue weighted by Crippen LogP contribution is 2.42. The molecule has 116 valence electrons. The summed E-state index contributed by atoms with van der Waals surface area (Å²) in [7, 11) is 0. The number of nitrogens with one attached hydrogen (secondary N) is 1. The van der Waals surface area contributed by atoms with Gasteiger partial charge in [-0.2, -0.15) is 0 Å². The maximum Gasteiger partial charge on any atom is 0.296 e. The van der Waals surface area contributed by atoms with Gasteiger partial charge in [-0.25, -0.2) is 0 Å². The lowest BCUT2D eigenvalue weighted by Crippen LogP contribution is -2.10. The molecule has 0 atom stereocenters. The first-order chi connectivity index (χ1) is 11.2. The predicted molar refractivity (Wildman–Crippen MR) is 86.5 cm³/mol. The van der Waals surface area contributed by atoms with Crippen LogP contribution in [0.1, 0.15) is 39.9 Å². The highest BCUT2D eigenvalue weighted by molar-refractivity contribution is 7.15. The molecule has 3 aromatic rings. The molecular weight excluding hydrogens is 312 g/mol. The van der Waals surface area contributed by atoms with Gasteiger partial charge in [-0.1, -0.05) is 46.3 Å². The van der Waals surface area contributed by atoms with Crippen LogP contribution in [0.15, 0.2) is 34.9 Å². The minimum absolute atomic E-state index is 0.156. The molecule has 1 aliphatic carbocycles. The van der Waals surface area contributed by atoms with Crippen molar-refractivity contribution in [2.75, 3.05) is 5.32 Å². The molecule has 1 fully saturated rings. The first-order valence-electron chi connectivity index (χ1n) is 7.37. The number of nitrogens with zero attached hydrogens (tertiary/aromatic N) is 3. The Bertz CT molecular complexity index is 849. The molecule has 2 heterocycles. The van der Waals surface area contributed by atoms with E-state index < -0.39 is 0 Å². The van der Waals surface area contributed by atoms with Crippen LogP contribution in [0.2, 0.25) is 0 Å². The van der Waals surface area contributed by atoms with Gasteiger partial charge in [0.1, 0.15) is 10.7 Å². The number of carbonyl (C=O) groups is 1. The normalized spacial score (nSPS) is 14.0. The number of anilines is 1. The minimum Gasteiger partial charge on any atom is -0.350 e. The van der Waals surface area contributed by atoms with E-state index in [1.54, 1.807) is 6.07 Å². The molecule has 0 spiro atoms. The molecule has 1 aromatic carbocycles. The zero-order chi connectivity index (χ0) is 15.8. The smallest absolute Gasteiger partial charge is 0.296 e. The van der Waals surface area contributed by atoms with E-state index in [9.17, 15) is 4.79 Å². The van der Waals surface area contributed by atoms with Crippen molar-refractivity contribution < 1.29 is 9.32 Å². The highest BCUT2D eigenvalue weighted by Gasteiger charge is 2.28. The third kappa shape index (κ3) is 3.00. The first-order valence-corrected chi connectivity index (χ1v) is 8.19. The van der Waals surface area contributed by atoms with Crippen LogP contribution in [-0.4, -0.2) is 21.3 Å². The van der Waals surface area contributed by atoms with Gasteiger partial charge < -0.3 is 4.52 Å². The standard InChI is InChI=1S/C16H14N4O2S/c1-9-2-4-10(5-3-9)12-8-13(22-20-12)14(21)17-16-19-18-15(23-16)11-6-7-11/h2-5,8,11H,6-7H2,1H3,(H,17,19,21). The molecular formula is C16H14N4O2S. The van der Waals surface area contributed by atoms with E-state index in [0.717, 1.165) is 29.0 Å². The summed E-state index contributed by atoms with van der Waals surface area (Å²) >= 11 is 1.42. The summed E-state index contributed by atoms with van der Waals surface area (Å²) in [5.41, 5.74) is 2.70. The fourth-order valence-corrected chi connectivity index (χ4v) is 3.09. The maximum absolute atomic E-state index is 12.2. The summed E-state index contributed by atoms with van der Waals surface area (Å²) in [5, 5.41) is 16.2. The summed E-state index contributed by atoms with van der Waals surface area (Å²) < 4.78 is 5.14. The monoisotopic (exact) mass is 326 g/mol. The van der Waals surface area contributed by atoms with Gasteiger partial charge >= 0.3 is 0 Å². The molecule has 1 amide bonds. The molecule has 0 bridgehead atoms. The summed E-state index contributed by atoms with van der Waals surface area (Å²) in [4.78, 5) is 12.2. The molecule has 0 radical (unpaired) electrons. The molecule has 1 saturated carbocycles. The fraction of sp³-hybridized carbons (Fsp3) is 0.250. The van der Waals surface area contributed by atoms with Crippen molar-refractivity contribution in [3.05, 3.63) is 46.7 Å². The Balaban J connectivity index is 1.48. The van der Waals surface area contributed by atoms with Gasteiger partial charge in [-0.15, -0.1) is 10.2 Å². The van der Waals surface area contributed by atoms with Crippen molar-refractivity contribution in [3.8, 4) is 11.3 Å². The third-order valence-corrected chi connectivity index (χ3v) is 4.67. The van der Waals surface area contributed by atoms with Crippen molar-refractivity contribution in [1.29, 1.82) is 0 Å². The van der Waals surface area contributed by atoms with E-state index in [0.29, 0.717) is 16.7 Å². The lowest BCUT2D eigenvalue weighted by atomic mass is 10.1. The Labute approximate surface area is 136 Å². The van der Waals surface area contributed by atoms with Crippen molar-refractivity contribution in [2.24, 2.45) is 0 Å². The second-order valence-electron chi connectivity index (χ2n) is 5.62. The lowest BCUT2D eigenvalue weighted by molar-refractivity contribution is 0.0988. The van der Waals surface area contributed by atoms with Crippen LogP contribution in [0.5, 0.6) is 0 Å². The van der Waals surface area contributed by atoms with Gasteiger partial charge in [-0.05, 0) is 19.8 Å². The van der Waals surface area contributed by atoms with Crippen LogP contribution in [-0.2, 0) is 0 Å². The number of aromatic nitrogens is 3. The van der Waals surface area contributed by atoms with Crippen molar-refractivity contribution in [2.45, 2.75) is 25.7 Å². The molecule has 6 nitrogen and oxygen atoms in total. The van der Waals surface area contributed by atoms with Crippen molar-refractivity contribution >= 4 is 22.4 Å². The summed E-state index contributed by atoms with van der Waals surface area (Å²) in [5.74, 6) is 0.315. The molecule has 0 unspecified atom stereocenters.